The highest BCUT2D eigenvalue weighted by molar-refractivity contribution is 5.82. The van der Waals surface area contributed by atoms with E-state index in [1.165, 1.54) is 0 Å². The molecule has 0 aliphatic heterocycles. The molecule has 0 amide bonds. The molecule has 2 nitrogen and oxygen atoms in total. The maximum atomic E-state index is 11.2. The maximum Gasteiger partial charge on any atom is 0.137 e. The fraction of sp³-hybridized carbons (Fsp3) is 0.778. The lowest BCUT2D eigenvalue weighted by Crippen LogP contribution is -2.23. The smallest absolute Gasteiger partial charge is 0.137 e. The average molecular weight is 151 g/mol. The Morgan fingerprint density at radius 3 is 2.91 bits per heavy atom. The highest BCUT2D eigenvalue weighted by Crippen LogP contribution is 2.27. The standard InChI is InChI=1S/C9H13NO/c1-7-2-3-8(4-5-10)9(11)6-7/h7-8H,2-4,6H2,1H3. The lowest BCUT2D eigenvalue weighted by atomic mass is 9.81. The number of nitriles is 1. The Hall–Kier alpha value is -0.840. The van der Waals surface area contributed by atoms with E-state index < -0.39 is 0 Å². The van der Waals surface area contributed by atoms with Gasteiger partial charge in [-0.25, -0.2) is 0 Å². The van der Waals surface area contributed by atoms with Gasteiger partial charge in [-0.3, -0.25) is 4.79 Å². The van der Waals surface area contributed by atoms with Gasteiger partial charge in [-0.1, -0.05) is 6.92 Å². The number of hydrogen-bond donors (Lipinski definition) is 0. The molecule has 0 aromatic heterocycles. The minimum absolute atomic E-state index is 0.0520. The van der Waals surface area contributed by atoms with Crippen LogP contribution in [0.1, 0.15) is 32.6 Å². The van der Waals surface area contributed by atoms with Gasteiger partial charge in [0, 0.05) is 18.8 Å². The van der Waals surface area contributed by atoms with Crippen molar-refractivity contribution in [3.05, 3.63) is 0 Å². The number of nitrogens with zero attached hydrogens (tertiary/aromatic N) is 1. The van der Waals surface area contributed by atoms with Crippen molar-refractivity contribution in [1.82, 2.24) is 0 Å². The van der Waals surface area contributed by atoms with Gasteiger partial charge in [-0.05, 0) is 18.8 Å². The van der Waals surface area contributed by atoms with Crippen molar-refractivity contribution in [2.24, 2.45) is 11.8 Å². The minimum Gasteiger partial charge on any atom is -0.299 e. The van der Waals surface area contributed by atoms with E-state index in [1.807, 2.05) is 0 Å². The fourth-order valence-electron chi connectivity index (χ4n) is 1.58. The summed E-state index contributed by atoms with van der Waals surface area (Å²) in [5.74, 6) is 0.888. The molecular formula is C9H13NO. The van der Waals surface area contributed by atoms with E-state index in [4.69, 9.17) is 5.26 Å². The molecule has 0 aromatic carbocycles. The Morgan fingerprint density at radius 2 is 2.36 bits per heavy atom. The first-order chi connectivity index (χ1) is 5.24. The molecule has 1 aliphatic rings. The molecule has 11 heavy (non-hydrogen) atoms. The largest absolute Gasteiger partial charge is 0.299 e. The second kappa shape index (κ2) is 3.52. The molecule has 1 fully saturated rings. The highest BCUT2D eigenvalue weighted by atomic mass is 16.1. The van der Waals surface area contributed by atoms with E-state index in [1.54, 1.807) is 0 Å². The summed E-state index contributed by atoms with van der Waals surface area (Å²) in [4.78, 5) is 11.2. The molecule has 0 spiro atoms. The Kier molecular flexibility index (Phi) is 2.64. The average Bonchev–Trinajstić information content (AvgIpc) is 1.95. The third kappa shape index (κ3) is 2.04. The van der Waals surface area contributed by atoms with Gasteiger partial charge < -0.3 is 0 Å². The molecule has 2 atom stereocenters. The van der Waals surface area contributed by atoms with Gasteiger partial charge in [-0.2, -0.15) is 5.26 Å². The number of hydrogen-bond acceptors (Lipinski definition) is 2. The zero-order valence-corrected chi connectivity index (χ0v) is 6.84. The van der Waals surface area contributed by atoms with Gasteiger partial charge in [-0.15, -0.1) is 0 Å². The van der Waals surface area contributed by atoms with Crippen LogP contribution in [-0.4, -0.2) is 5.78 Å². The topological polar surface area (TPSA) is 40.9 Å². The van der Waals surface area contributed by atoms with Crippen molar-refractivity contribution in [1.29, 1.82) is 5.26 Å². The van der Waals surface area contributed by atoms with Crippen molar-refractivity contribution in [3.8, 4) is 6.07 Å². The molecule has 2 unspecified atom stereocenters. The fourth-order valence-corrected chi connectivity index (χ4v) is 1.58. The van der Waals surface area contributed by atoms with Crippen molar-refractivity contribution in [2.45, 2.75) is 32.6 Å². The molecule has 1 saturated carbocycles. The molecule has 2 heteroatoms. The summed E-state index contributed by atoms with van der Waals surface area (Å²) >= 11 is 0. The number of rotatable bonds is 1. The lowest BCUT2D eigenvalue weighted by Gasteiger charge is -2.22. The molecule has 1 rings (SSSR count). The summed E-state index contributed by atoms with van der Waals surface area (Å²) < 4.78 is 0. The second-order valence-corrected chi connectivity index (χ2v) is 3.41. The Labute approximate surface area is 67.2 Å². The summed E-state index contributed by atoms with van der Waals surface area (Å²) in [7, 11) is 0. The SMILES string of the molecule is CC1CCC(CC#N)C(=O)C1. The molecule has 1 aliphatic carbocycles. The van der Waals surface area contributed by atoms with Gasteiger partial charge >= 0.3 is 0 Å². The predicted molar refractivity (Wildman–Crippen MR) is 41.7 cm³/mol. The molecule has 0 N–H and O–H groups in total. The van der Waals surface area contributed by atoms with Crippen LogP contribution in [0.4, 0.5) is 0 Å². The van der Waals surface area contributed by atoms with Gasteiger partial charge in [0.05, 0.1) is 6.07 Å². The maximum absolute atomic E-state index is 11.2. The van der Waals surface area contributed by atoms with Crippen LogP contribution in [0.15, 0.2) is 0 Å². The molecule has 0 heterocycles. The van der Waals surface area contributed by atoms with Crippen molar-refractivity contribution in [3.63, 3.8) is 0 Å². The van der Waals surface area contributed by atoms with E-state index >= 15 is 0 Å². The Morgan fingerprint density at radius 1 is 1.64 bits per heavy atom. The van der Waals surface area contributed by atoms with Crippen LogP contribution in [0, 0.1) is 23.2 Å². The van der Waals surface area contributed by atoms with Crippen LogP contribution in [0.25, 0.3) is 0 Å². The van der Waals surface area contributed by atoms with Crippen LogP contribution < -0.4 is 0 Å². The Bertz CT molecular complexity index is 192. The number of Topliss-reactive ketones (excluding diaryl/α,β-unsaturated/α-hetero) is 1. The highest BCUT2D eigenvalue weighted by Gasteiger charge is 2.25. The first-order valence-electron chi connectivity index (χ1n) is 4.13. The lowest BCUT2D eigenvalue weighted by molar-refractivity contribution is -0.125. The first-order valence-corrected chi connectivity index (χ1v) is 4.13. The molecular weight excluding hydrogens is 138 g/mol. The summed E-state index contributed by atoms with van der Waals surface area (Å²) in [5, 5.41) is 8.40. The number of ketones is 1. The molecule has 0 radical (unpaired) electrons. The molecule has 60 valence electrons. The van der Waals surface area contributed by atoms with E-state index in [2.05, 4.69) is 13.0 Å². The van der Waals surface area contributed by atoms with E-state index in [-0.39, 0.29) is 5.92 Å². The van der Waals surface area contributed by atoms with Crippen molar-refractivity contribution < 1.29 is 4.79 Å². The van der Waals surface area contributed by atoms with E-state index in [9.17, 15) is 4.79 Å². The zero-order valence-electron chi connectivity index (χ0n) is 6.84. The third-order valence-electron chi connectivity index (χ3n) is 2.35. The minimum atomic E-state index is 0.0520. The van der Waals surface area contributed by atoms with Crippen LogP contribution in [0.5, 0.6) is 0 Å². The van der Waals surface area contributed by atoms with Crippen molar-refractivity contribution >= 4 is 5.78 Å². The van der Waals surface area contributed by atoms with E-state index in [0.29, 0.717) is 24.5 Å². The normalized spacial score (nSPS) is 31.5. The molecule has 0 aromatic rings. The summed E-state index contributed by atoms with van der Waals surface area (Å²) in [6.45, 7) is 2.10. The Balaban J connectivity index is 2.45. The zero-order chi connectivity index (χ0) is 8.27. The summed E-state index contributed by atoms with van der Waals surface area (Å²) in [6.07, 6.45) is 3.14. The number of carbonyl (C=O) groups excluding carboxylic acids is 1. The van der Waals surface area contributed by atoms with Crippen LogP contribution in [0.3, 0.4) is 0 Å². The number of carbonyl (C=O) groups is 1. The van der Waals surface area contributed by atoms with Gasteiger partial charge in [0.15, 0.2) is 0 Å². The quantitative estimate of drug-likeness (QED) is 0.574. The van der Waals surface area contributed by atoms with Crippen LogP contribution >= 0.6 is 0 Å². The van der Waals surface area contributed by atoms with Gasteiger partial charge in [0.2, 0.25) is 0 Å². The second-order valence-electron chi connectivity index (χ2n) is 3.41. The first kappa shape index (κ1) is 8.26. The summed E-state index contributed by atoms with van der Waals surface area (Å²) in [6, 6.07) is 2.06. The van der Waals surface area contributed by atoms with Gasteiger partial charge in [0.1, 0.15) is 5.78 Å². The van der Waals surface area contributed by atoms with Crippen LogP contribution in [-0.2, 0) is 4.79 Å². The monoisotopic (exact) mass is 151 g/mol. The molecule has 0 bridgehead atoms. The molecule has 0 saturated heterocycles. The third-order valence-corrected chi connectivity index (χ3v) is 2.35. The predicted octanol–water partition coefficient (Wildman–Crippen LogP) is 1.91. The van der Waals surface area contributed by atoms with Crippen LogP contribution in [0.2, 0.25) is 0 Å². The van der Waals surface area contributed by atoms with Gasteiger partial charge in [0.25, 0.3) is 0 Å². The summed E-state index contributed by atoms with van der Waals surface area (Å²) in [5.41, 5.74) is 0. The van der Waals surface area contributed by atoms with Crippen molar-refractivity contribution in [2.75, 3.05) is 0 Å². The van der Waals surface area contributed by atoms with E-state index in [0.717, 1.165) is 12.8 Å².